The summed E-state index contributed by atoms with van der Waals surface area (Å²) in [4.78, 5) is 15.8. The number of carbonyl (C=O) groups is 1. The van der Waals surface area contributed by atoms with Gasteiger partial charge in [-0.25, -0.2) is 0 Å². The average molecular weight is 482 g/mol. The number of carbonyl (C=O) groups excluding carboxylic acids is 1. The summed E-state index contributed by atoms with van der Waals surface area (Å²) in [5.74, 6) is 0.171. The maximum absolute atomic E-state index is 14.0. The molecule has 180 valence electrons. The van der Waals surface area contributed by atoms with E-state index < -0.39 is 16.0 Å². The highest BCUT2D eigenvalue weighted by molar-refractivity contribution is 7.86. The minimum Gasteiger partial charge on any atom is -0.493 e. The van der Waals surface area contributed by atoms with Crippen LogP contribution in [0.1, 0.15) is 36.5 Å². The van der Waals surface area contributed by atoms with Crippen molar-refractivity contribution in [2.75, 3.05) is 19.9 Å². The maximum Gasteiger partial charge on any atom is 0.306 e. The fourth-order valence-corrected chi connectivity index (χ4v) is 4.35. The van der Waals surface area contributed by atoms with Gasteiger partial charge in [0.15, 0.2) is 11.5 Å². The standard InChI is InChI=1S/C27H31NO5S/c1-20(2)18-28(19-21-15-16-24(32-3)25(17-21)33-34(4,30)31)27(29)26(22-11-7-5-8-12-22)23-13-9-6-10-14-23/h5-17,20,26H,18-19H2,1-4H3. The molecule has 0 aromatic heterocycles. The summed E-state index contributed by atoms with van der Waals surface area (Å²) in [6.45, 7) is 4.97. The van der Waals surface area contributed by atoms with Gasteiger partial charge in [-0.1, -0.05) is 80.6 Å². The van der Waals surface area contributed by atoms with Crippen LogP contribution in [0, 0.1) is 5.92 Å². The Labute approximate surface area is 202 Å². The lowest BCUT2D eigenvalue weighted by Gasteiger charge is -2.30. The van der Waals surface area contributed by atoms with Crippen molar-refractivity contribution in [2.45, 2.75) is 26.3 Å². The molecule has 7 heteroatoms. The smallest absolute Gasteiger partial charge is 0.306 e. The first kappa shape index (κ1) is 25.3. The predicted octanol–water partition coefficient (Wildman–Crippen LogP) is 4.85. The van der Waals surface area contributed by atoms with Gasteiger partial charge in [0.25, 0.3) is 0 Å². The van der Waals surface area contributed by atoms with Crippen molar-refractivity contribution >= 4 is 16.0 Å². The van der Waals surface area contributed by atoms with E-state index in [1.54, 1.807) is 12.1 Å². The van der Waals surface area contributed by atoms with Crippen LogP contribution in [0.4, 0.5) is 0 Å². The summed E-state index contributed by atoms with van der Waals surface area (Å²) in [6, 6.07) is 24.5. The fraction of sp³-hybridized carbons (Fsp3) is 0.296. The Kier molecular flexibility index (Phi) is 8.34. The predicted molar refractivity (Wildman–Crippen MR) is 133 cm³/mol. The van der Waals surface area contributed by atoms with Gasteiger partial charge in [-0.05, 0) is 34.7 Å². The monoisotopic (exact) mass is 481 g/mol. The summed E-state index contributed by atoms with van der Waals surface area (Å²) in [7, 11) is -2.29. The molecule has 0 heterocycles. The number of amides is 1. The van der Waals surface area contributed by atoms with E-state index in [1.165, 1.54) is 7.11 Å². The molecule has 0 aliphatic heterocycles. The molecule has 0 aliphatic carbocycles. The lowest BCUT2D eigenvalue weighted by atomic mass is 9.89. The van der Waals surface area contributed by atoms with E-state index in [0.29, 0.717) is 18.8 Å². The molecule has 0 bridgehead atoms. The lowest BCUT2D eigenvalue weighted by Crippen LogP contribution is -2.37. The third kappa shape index (κ3) is 6.84. The maximum atomic E-state index is 14.0. The second kappa shape index (κ2) is 11.2. The highest BCUT2D eigenvalue weighted by Crippen LogP contribution is 2.31. The molecule has 3 rings (SSSR count). The van der Waals surface area contributed by atoms with Gasteiger partial charge in [0.05, 0.1) is 19.3 Å². The van der Waals surface area contributed by atoms with Crippen LogP contribution in [0.3, 0.4) is 0 Å². The van der Waals surface area contributed by atoms with Crippen molar-refractivity contribution < 1.29 is 22.1 Å². The molecule has 0 fully saturated rings. The molecular weight excluding hydrogens is 450 g/mol. The van der Waals surface area contributed by atoms with Crippen LogP contribution in [0.15, 0.2) is 78.9 Å². The number of rotatable bonds is 10. The number of nitrogens with zero attached hydrogens (tertiary/aromatic N) is 1. The van der Waals surface area contributed by atoms with Crippen LogP contribution in [0.25, 0.3) is 0 Å². The molecule has 0 aliphatic rings. The molecule has 0 atom stereocenters. The van der Waals surface area contributed by atoms with Gasteiger partial charge in [0, 0.05) is 13.1 Å². The molecule has 6 nitrogen and oxygen atoms in total. The number of methoxy groups -OCH3 is 1. The Balaban J connectivity index is 1.99. The number of ether oxygens (including phenoxy) is 1. The van der Waals surface area contributed by atoms with Gasteiger partial charge < -0.3 is 13.8 Å². The van der Waals surface area contributed by atoms with Crippen molar-refractivity contribution in [3.63, 3.8) is 0 Å². The summed E-state index contributed by atoms with van der Waals surface area (Å²) < 4.78 is 33.8. The van der Waals surface area contributed by atoms with Crippen molar-refractivity contribution in [3.8, 4) is 11.5 Å². The molecule has 34 heavy (non-hydrogen) atoms. The number of benzene rings is 3. The van der Waals surface area contributed by atoms with Crippen LogP contribution >= 0.6 is 0 Å². The minimum atomic E-state index is -3.74. The van der Waals surface area contributed by atoms with Gasteiger partial charge in [0.2, 0.25) is 5.91 Å². The zero-order chi connectivity index (χ0) is 24.7. The van der Waals surface area contributed by atoms with Crippen LogP contribution < -0.4 is 8.92 Å². The van der Waals surface area contributed by atoms with E-state index in [9.17, 15) is 13.2 Å². The van der Waals surface area contributed by atoms with Crippen LogP contribution in [0.2, 0.25) is 0 Å². The van der Waals surface area contributed by atoms with Crippen molar-refractivity contribution in [1.29, 1.82) is 0 Å². The number of hydrogen-bond acceptors (Lipinski definition) is 5. The molecule has 0 spiro atoms. The zero-order valence-electron chi connectivity index (χ0n) is 20.0. The Bertz CT molecular complexity index is 1150. The quantitative estimate of drug-likeness (QED) is 0.387. The molecule has 0 radical (unpaired) electrons. The largest absolute Gasteiger partial charge is 0.493 e. The highest BCUT2D eigenvalue weighted by atomic mass is 32.2. The second-order valence-electron chi connectivity index (χ2n) is 8.64. The van der Waals surface area contributed by atoms with Gasteiger partial charge in [0.1, 0.15) is 0 Å². The average Bonchev–Trinajstić information content (AvgIpc) is 2.79. The Hall–Kier alpha value is -3.32. The van der Waals surface area contributed by atoms with E-state index in [1.807, 2.05) is 71.6 Å². The van der Waals surface area contributed by atoms with Crippen molar-refractivity contribution in [3.05, 3.63) is 95.6 Å². The summed E-state index contributed by atoms with van der Waals surface area (Å²) in [6.07, 6.45) is 0.984. The van der Waals surface area contributed by atoms with E-state index in [0.717, 1.165) is 22.9 Å². The van der Waals surface area contributed by atoms with E-state index in [2.05, 4.69) is 13.8 Å². The fourth-order valence-electron chi connectivity index (χ4n) is 3.89. The third-order valence-electron chi connectivity index (χ3n) is 5.25. The van der Waals surface area contributed by atoms with Gasteiger partial charge >= 0.3 is 10.1 Å². The van der Waals surface area contributed by atoms with Crippen LogP contribution in [-0.4, -0.2) is 39.1 Å². The van der Waals surface area contributed by atoms with E-state index in [4.69, 9.17) is 8.92 Å². The van der Waals surface area contributed by atoms with Crippen LogP contribution in [-0.2, 0) is 21.5 Å². The number of hydrogen-bond donors (Lipinski definition) is 0. The van der Waals surface area contributed by atoms with Crippen molar-refractivity contribution in [1.82, 2.24) is 4.90 Å². The summed E-state index contributed by atoms with van der Waals surface area (Å²) in [5, 5.41) is 0. The van der Waals surface area contributed by atoms with Crippen LogP contribution in [0.5, 0.6) is 11.5 Å². The first-order valence-electron chi connectivity index (χ1n) is 11.1. The SMILES string of the molecule is COc1ccc(CN(CC(C)C)C(=O)C(c2ccccc2)c2ccccc2)cc1OS(C)(=O)=O. The summed E-state index contributed by atoms with van der Waals surface area (Å²) >= 11 is 0. The van der Waals surface area contributed by atoms with E-state index in [-0.39, 0.29) is 17.6 Å². The first-order valence-corrected chi connectivity index (χ1v) is 12.9. The zero-order valence-corrected chi connectivity index (χ0v) is 20.8. The van der Waals surface area contributed by atoms with Gasteiger partial charge in [-0.2, -0.15) is 8.42 Å². The molecule has 0 N–H and O–H groups in total. The normalized spacial score (nSPS) is 11.5. The molecule has 1 amide bonds. The second-order valence-corrected chi connectivity index (χ2v) is 10.2. The molecule has 3 aromatic rings. The topological polar surface area (TPSA) is 72.9 Å². The lowest BCUT2D eigenvalue weighted by molar-refractivity contribution is -0.133. The molecule has 0 unspecified atom stereocenters. The molecule has 0 saturated carbocycles. The van der Waals surface area contributed by atoms with E-state index >= 15 is 0 Å². The summed E-state index contributed by atoms with van der Waals surface area (Å²) in [5.41, 5.74) is 2.58. The van der Waals surface area contributed by atoms with Gasteiger partial charge in [-0.15, -0.1) is 0 Å². The molecular formula is C27H31NO5S. The Morgan fingerprint density at radius 1 is 0.882 bits per heavy atom. The van der Waals surface area contributed by atoms with Gasteiger partial charge in [-0.3, -0.25) is 4.79 Å². The highest BCUT2D eigenvalue weighted by Gasteiger charge is 2.28. The molecule has 3 aromatic carbocycles. The first-order chi connectivity index (χ1) is 16.2. The van der Waals surface area contributed by atoms with Crippen molar-refractivity contribution in [2.24, 2.45) is 5.92 Å². The third-order valence-corrected chi connectivity index (χ3v) is 5.73. The molecule has 0 saturated heterocycles. The Morgan fingerprint density at radius 3 is 1.91 bits per heavy atom. The Morgan fingerprint density at radius 2 is 1.44 bits per heavy atom. The minimum absolute atomic E-state index is 0.0208.